The fraction of sp³-hybridized carbons (Fsp3) is 0.923. The predicted molar refractivity (Wildman–Crippen MR) is 135 cm³/mol. The highest BCUT2D eigenvalue weighted by Crippen LogP contribution is 2.05. The Morgan fingerprint density at radius 1 is 0.423 bits per heavy atom. The predicted octanol–water partition coefficient (Wildman–Crippen LogP) is 10.8. The van der Waals surface area contributed by atoms with Crippen molar-refractivity contribution < 1.29 is 0 Å². The van der Waals surface area contributed by atoms with E-state index in [4.69, 9.17) is 0 Å². The summed E-state index contributed by atoms with van der Waals surface area (Å²) in [5, 5.41) is 0. The normalized spacial score (nSPS) is 6.77. The first-order valence-corrected chi connectivity index (χ1v) is 11.6. The van der Waals surface area contributed by atoms with Gasteiger partial charge in [-0.1, -0.05) is 132 Å². The lowest BCUT2D eigenvalue weighted by Crippen LogP contribution is -1.95. The summed E-state index contributed by atoms with van der Waals surface area (Å²) in [5.74, 6) is 8.85. The van der Waals surface area contributed by atoms with Crippen LogP contribution in [-0.2, 0) is 0 Å². The van der Waals surface area contributed by atoms with Gasteiger partial charge in [0.2, 0.25) is 0 Å². The number of hydrogen-bond acceptors (Lipinski definition) is 0. The summed E-state index contributed by atoms with van der Waals surface area (Å²) < 4.78 is 0. The third kappa shape index (κ3) is 279. The Hall–Kier alpha value is -0.440. The van der Waals surface area contributed by atoms with Crippen LogP contribution in [0.2, 0.25) is 0 Å². The highest BCUT2D eigenvalue weighted by molar-refractivity contribution is 4.97. The smallest absolute Gasteiger partial charge is 0.0146 e. The van der Waals surface area contributed by atoms with Gasteiger partial charge in [-0.3, -0.25) is 0 Å². The highest BCUT2D eigenvalue weighted by Gasteiger charge is 1.95. The molecule has 26 heavy (non-hydrogen) atoms. The molecule has 168 valence electrons. The van der Waals surface area contributed by atoms with Crippen molar-refractivity contribution in [1.82, 2.24) is 0 Å². The topological polar surface area (TPSA) is 0 Å². The van der Waals surface area contributed by atoms with Gasteiger partial charge in [0, 0.05) is 5.92 Å². The minimum absolute atomic E-state index is 0.537. The van der Waals surface area contributed by atoms with E-state index in [1.165, 1.54) is 0 Å². The van der Waals surface area contributed by atoms with E-state index < -0.39 is 0 Å². The van der Waals surface area contributed by atoms with E-state index in [1.54, 1.807) is 0 Å². The van der Waals surface area contributed by atoms with E-state index in [9.17, 15) is 0 Å². The SMILES string of the molecule is CC.CC.CC.CC.CC.CC#CC(C)C.CC(C)C.CC(C)C(C)C. The zero-order chi connectivity index (χ0) is 23.7. The minimum Gasteiger partial charge on any atom is -0.106 e. The van der Waals surface area contributed by atoms with Crippen molar-refractivity contribution in [3.05, 3.63) is 0 Å². The lowest BCUT2D eigenvalue weighted by molar-refractivity contribution is 0.457. The minimum atomic E-state index is 0.537. The molecule has 0 spiro atoms. The van der Waals surface area contributed by atoms with Gasteiger partial charge >= 0.3 is 0 Å². The third-order valence-electron chi connectivity index (χ3n) is 1.77. The molecule has 0 N–H and O–H groups in total. The van der Waals surface area contributed by atoms with Crippen molar-refractivity contribution >= 4 is 0 Å². The van der Waals surface area contributed by atoms with E-state index in [0.717, 1.165) is 17.8 Å². The molecule has 0 saturated heterocycles. The molecule has 0 aliphatic rings. The van der Waals surface area contributed by atoms with Crippen LogP contribution in [0.3, 0.4) is 0 Å². The van der Waals surface area contributed by atoms with Crippen molar-refractivity contribution in [2.24, 2.45) is 23.7 Å². The Kier molecular flexibility index (Phi) is 143. The van der Waals surface area contributed by atoms with Crippen molar-refractivity contribution in [3.8, 4) is 11.8 Å². The third-order valence-corrected chi connectivity index (χ3v) is 1.77. The molecule has 0 rings (SSSR count). The first-order valence-electron chi connectivity index (χ1n) is 11.6. The second-order valence-corrected chi connectivity index (χ2v) is 5.77. The Morgan fingerprint density at radius 2 is 0.577 bits per heavy atom. The maximum Gasteiger partial charge on any atom is 0.0146 e. The van der Waals surface area contributed by atoms with Gasteiger partial charge in [0.05, 0.1) is 0 Å². The molecule has 0 nitrogen and oxygen atoms in total. The molecule has 0 bridgehead atoms. The zero-order valence-electron chi connectivity index (χ0n) is 23.3. The average molecular weight is 377 g/mol. The molecule has 0 heterocycles. The second-order valence-electron chi connectivity index (χ2n) is 5.77. The van der Waals surface area contributed by atoms with Crippen LogP contribution in [0.5, 0.6) is 0 Å². The van der Waals surface area contributed by atoms with Crippen LogP contribution < -0.4 is 0 Å². The monoisotopic (exact) mass is 377 g/mol. The van der Waals surface area contributed by atoms with Crippen LogP contribution in [0.25, 0.3) is 0 Å². The molecule has 0 heteroatoms. The fourth-order valence-electron chi connectivity index (χ4n) is 0.289. The average Bonchev–Trinajstić information content (AvgIpc) is 2.63. The first-order chi connectivity index (χ1) is 12.1. The van der Waals surface area contributed by atoms with Gasteiger partial charge < -0.3 is 0 Å². The number of hydrogen-bond donors (Lipinski definition) is 0. The molecule has 0 aromatic carbocycles. The maximum atomic E-state index is 2.96. The molecule has 0 unspecified atom stereocenters. The van der Waals surface area contributed by atoms with Crippen LogP contribution >= 0.6 is 0 Å². The van der Waals surface area contributed by atoms with E-state index >= 15 is 0 Å². The molecule has 0 fully saturated rings. The molecule has 0 aliphatic heterocycles. The summed E-state index contributed by atoms with van der Waals surface area (Å²) in [5.41, 5.74) is 0. The van der Waals surface area contributed by atoms with Crippen molar-refractivity contribution in [2.75, 3.05) is 0 Å². The summed E-state index contributed by atoms with van der Waals surface area (Å²) >= 11 is 0. The molecule has 0 aliphatic carbocycles. The summed E-state index contributed by atoms with van der Waals surface area (Å²) in [6.45, 7) is 41.5. The van der Waals surface area contributed by atoms with Crippen LogP contribution in [-0.4, -0.2) is 0 Å². The zero-order valence-corrected chi connectivity index (χ0v) is 23.3. The van der Waals surface area contributed by atoms with Gasteiger partial charge in [-0.2, -0.15) is 0 Å². The lowest BCUT2D eigenvalue weighted by Gasteiger charge is -2.05. The van der Waals surface area contributed by atoms with E-state index in [2.05, 4.69) is 74.2 Å². The molecule has 0 aromatic rings. The lowest BCUT2D eigenvalue weighted by atomic mass is 10.0. The van der Waals surface area contributed by atoms with Gasteiger partial charge in [0.15, 0.2) is 0 Å². The van der Waals surface area contributed by atoms with Gasteiger partial charge in [-0.25, -0.2) is 0 Å². The largest absolute Gasteiger partial charge is 0.106 e. The van der Waals surface area contributed by atoms with E-state index in [1.807, 2.05) is 76.2 Å². The molecule has 0 aromatic heterocycles. The van der Waals surface area contributed by atoms with Crippen molar-refractivity contribution in [1.29, 1.82) is 0 Å². The molecule has 0 saturated carbocycles. The van der Waals surface area contributed by atoms with Crippen molar-refractivity contribution in [2.45, 2.75) is 138 Å². The molecule has 0 radical (unpaired) electrons. The Balaban J connectivity index is -0.0000000253. The fourth-order valence-corrected chi connectivity index (χ4v) is 0.289. The van der Waals surface area contributed by atoms with Gasteiger partial charge in [0.1, 0.15) is 0 Å². The summed E-state index contributed by atoms with van der Waals surface area (Å²) in [6, 6.07) is 0. The maximum absolute atomic E-state index is 2.96. The van der Waals surface area contributed by atoms with Crippen LogP contribution in [0.1, 0.15) is 138 Å². The van der Waals surface area contributed by atoms with Crippen LogP contribution in [0.15, 0.2) is 0 Å². The number of rotatable bonds is 1. The van der Waals surface area contributed by atoms with Gasteiger partial charge in [-0.15, -0.1) is 11.8 Å². The Morgan fingerprint density at radius 3 is 0.577 bits per heavy atom. The summed E-state index contributed by atoms with van der Waals surface area (Å²) in [4.78, 5) is 0. The van der Waals surface area contributed by atoms with E-state index in [0.29, 0.717) is 5.92 Å². The molecular formula is C26H64. The summed E-state index contributed by atoms with van der Waals surface area (Å²) in [6.07, 6.45) is 0. The molecule has 0 amide bonds. The Labute approximate surface area is 174 Å². The molecule has 0 atom stereocenters. The second kappa shape index (κ2) is 74.1. The van der Waals surface area contributed by atoms with E-state index in [-0.39, 0.29) is 0 Å². The molecular weight excluding hydrogens is 312 g/mol. The highest BCUT2D eigenvalue weighted by atomic mass is 14.0. The van der Waals surface area contributed by atoms with Crippen LogP contribution in [0.4, 0.5) is 0 Å². The van der Waals surface area contributed by atoms with Gasteiger partial charge in [0.25, 0.3) is 0 Å². The Bertz CT molecular complexity index is 153. The van der Waals surface area contributed by atoms with Crippen molar-refractivity contribution in [3.63, 3.8) is 0 Å². The quantitative estimate of drug-likeness (QED) is 0.399. The summed E-state index contributed by atoms with van der Waals surface area (Å²) in [7, 11) is 0. The van der Waals surface area contributed by atoms with Crippen LogP contribution in [0, 0.1) is 35.5 Å². The first kappa shape index (κ1) is 50.0. The standard InChI is InChI=1S/C6H14.C6H10.C4H10.5C2H6/c1-5(2)6(3)4;1-4-5-6(2)3;1-4(2)3;5*1-2/h5-6H,1-4H3;6H,1-3H3;4H,1-3H3;5*1-2H3. The van der Waals surface area contributed by atoms with Gasteiger partial charge in [-0.05, 0) is 24.7 Å².